The minimum atomic E-state index is -0.877. The number of halogens is 2. The zero-order chi connectivity index (χ0) is 15.6. The Bertz CT molecular complexity index is 714. The quantitative estimate of drug-likeness (QED) is 0.638. The predicted octanol–water partition coefficient (Wildman–Crippen LogP) is 5.08. The van der Waals surface area contributed by atoms with Crippen molar-refractivity contribution in [2.24, 2.45) is 0 Å². The number of aryl methyl sites for hydroxylation is 1. The molecule has 1 aromatic heterocycles. The summed E-state index contributed by atoms with van der Waals surface area (Å²) in [6, 6.07) is 9.31. The number of ether oxygens (including phenoxy) is 1. The van der Waals surface area contributed by atoms with Crippen LogP contribution in [0.5, 0.6) is 5.75 Å². The van der Waals surface area contributed by atoms with E-state index >= 15 is 0 Å². The lowest BCUT2D eigenvalue weighted by Crippen LogP contribution is -2.11. The van der Waals surface area contributed by atoms with E-state index in [1.54, 1.807) is 12.1 Å². The van der Waals surface area contributed by atoms with Crippen molar-refractivity contribution in [2.75, 3.05) is 7.11 Å². The minimum absolute atomic E-state index is 0.224. The van der Waals surface area contributed by atoms with Crippen LogP contribution in [0.1, 0.15) is 26.7 Å². The zero-order valence-corrected chi connectivity index (χ0v) is 15.3. The molecule has 21 heavy (non-hydrogen) atoms. The summed E-state index contributed by atoms with van der Waals surface area (Å²) in [7, 11) is 1.53. The van der Waals surface area contributed by atoms with Crippen molar-refractivity contribution in [1.82, 2.24) is 0 Å². The van der Waals surface area contributed by atoms with E-state index in [0.717, 1.165) is 13.8 Å². The second-order valence-electron chi connectivity index (χ2n) is 4.40. The highest BCUT2D eigenvalue weighted by Crippen LogP contribution is 2.36. The van der Waals surface area contributed by atoms with Crippen LogP contribution in [0, 0.1) is 18.3 Å². The fourth-order valence-electron chi connectivity index (χ4n) is 1.96. The van der Waals surface area contributed by atoms with E-state index in [4.69, 9.17) is 4.74 Å². The minimum Gasteiger partial charge on any atom is -0.496 e. The molecule has 0 aliphatic heterocycles. The molecule has 3 nitrogen and oxygen atoms in total. The number of hydrogen-bond acceptors (Lipinski definition) is 4. The molecule has 6 heteroatoms. The molecule has 1 unspecified atom stereocenters. The summed E-state index contributed by atoms with van der Waals surface area (Å²) in [4.78, 5) is 13.1. The van der Waals surface area contributed by atoms with Crippen molar-refractivity contribution < 1.29 is 9.53 Å². The number of carbonyl (C=O) groups is 1. The molecule has 1 heterocycles. The summed E-state index contributed by atoms with van der Waals surface area (Å²) in [6.45, 7) is 1.92. The SMILES string of the molecule is COc1ccc(C)cc1C(C#N)C(=O)c1cc(Br)c(Br)s1. The largest absolute Gasteiger partial charge is 0.496 e. The number of methoxy groups -OCH3 is 1. The number of nitrogens with zero attached hydrogens (tertiary/aromatic N) is 1. The van der Waals surface area contributed by atoms with Crippen LogP contribution in [0.3, 0.4) is 0 Å². The summed E-state index contributed by atoms with van der Waals surface area (Å²) in [5.41, 5.74) is 1.58. The fraction of sp³-hybridized carbons (Fsp3) is 0.200. The van der Waals surface area contributed by atoms with E-state index in [1.807, 2.05) is 19.1 Å². The Kier molecular flexibility index (Phi) is 5.20. The topological polar surface area (TPSA) is 50.1 Å². The molecule has 1 atom stereocenters. The Balaban J connectivity index is 2.47. The number of thiophene rings is 1. The van der Waals surface area contributed by atoms with Crippen molar-refractivity contribution in [1.29, 1.82) is 5.26 Å². The molecule has 0 fully saturated rings. The first kappa shape index (κ1) is 16.2. The molecular weight excluding hydrogens is 418 g/mol. The summed E-state index contributed by atoms with van der Waals surface area (Å²) in [6.07, 6.45) is 0. The number of ketones is 1. The Morgan fingerprint density at radius 1 is 1.38 bits per heavy atom. The second-order valence-corrected chi connectivity index (χ2v) is 7.63. The van der Waals surface area contributed by atoms with Gasteiger partial charge in [0.1, 0.15) is 11.7 Å². The fourth-order valence-corrected chi connectivity index (χ4v) is 3.96. The number of nitriles is 1. The third-order valence-electron chi connectivity index (χ3n) is 2.98. The van der Waals surface area contributed by atoms with Crippen LogP contribution >= 0.6 is 43.2 Å². The molecule has 0 radical (unpaired) electrons. The highest BCUT2D eigenvalue weighted by molar-refractivity contribution is 9.13. The van der Waals surface area contributed by atoms with Gasteiger partial charge in [0, 0.05) is 10.0 Å². The molecule has 0 N–H and O–H groups in total. The van der Waals surface area contributed by atoms with Crippen molar-refractivity contribution >= 4 is 49.0 Å². The smallest absolute Gasteiger partial charge is 0.194 e. The van der Waals surface area contributed by atoms with Crippen LogP contribution in [-0.2, 0) is 0 Å². The molecule has 0 amide bonds. The third-order valence-corrected chi connectivity index (χ3v) is 6.25. The normalized spacial score (nSPS) is 11.8. The highest BCUT2D eigenvalue weighted by atomic mass is 79.9. The number of Topliss-reactive ketones (excluding diaryl/α,β-unsaturated/α-hetero) is 1. The number of hydrogen-bond donors (Lipinski definition) is 0. The summed E-state index contributed by atoms with van der Waals surface area (Å²) in [5, 5.41) is 9.45. The summed E-state index contributed by atoms with van der Waals surface area (Å²) < 4.78 is 6.92. The van der Waals surface area contributed by atoms with Gasteiger partial charge in [-0.15, -0.1) is 11.3 Å². The predicted molar refractivity (Wildman–Crippen MR) is 90.1 cm³/mol. The van der Waals surface area contributed by atoms with Crippen molar-refractivity contribution in [3.8, 4) is 11.8 Å². The molecule has 2 aromatic rings. The number of rotatable bonds is 4. The Morgan fingerprint density at radius 3 is 2.62 bits per heavy atom. The van der Waals surface area contributed by atoms with Crippen LogP contribution in [0.2, 0.25) is 0 Å². The van der Waals surface area contributed by atoms with E-state index in [9.17, 15) is 10.1 Å². The van der Waals surface area contributed by atoms with E-state index in [0.29, 0.717) is 16.2 Å². The zero-order valence-electron chi connectivity index (χ0n) is 11.3. The molecule has 2 rings (SSSR count). The third kappa shape index (κ3) is 3.37. The van der Waals surface area contributed by atoms with Crippen molar-refractivity contribution in [3.63, 3.8) is 0 Å². The van der Waals surface area contributed by atoms with E-state index in [1.165, 1.54) is 18.4 Å². The van der Waals surface area contributed by atoms with Crippen LogP contribution in [-0.4, -0.2) is 12.9 Å². The molecule has 0 saturated carbocycles. The standard InChI is InChI=1S/C15H11Br2NO2S/c1-8-3-4-12(20-2)9(5-8)10(7-18)14(19)13-6-11(16)15(17)21-13/h3-6,10H,1-2H3. The molecular formula is C15H11Br2NO2S. The van der Waals surface area contributed by atoms with Crippen LogP contribution in [0.15, 0.2) is 32.5 Å². The van der Waals surface area contributed by atoms with Gasteiger partial charge in [0.2, 0.25) is 0 Å². The van der Waals surface area contributed by atoms with Gasteiger partial charge < -0.3 is 4.74 Å². The number of benzene rings is 1. The van der Waals surface area contributed by atoms with Crippen LogP contribution in [0.25, 0.3) is 0 Å². The van der Waals surface area contributed by atoms with Crippen LogP contribution < -0.4 is 4.74 Å². The van der Waals surface area contributed by atoms with Gasteiger partial charge >= 0.3 is 0 Å². The molecule has 0 aliphatic carbocycles. The molecule has 0 bridgehead atoms. The van der Waals surface area contributed by atoms with Gasteiger partial charge in [-0.05, 0) is 50.9 Å². The Morgan fingerprint density at radius 2 is 2.10 bits per heavy atom. The monoisotopic (exact) mass is 427 g/mol. The first-order chi connectivity index (χ1) is 9.97. The van der Waals surface area contributed by atoms with E-state index < -0.39 is 5.92 Å². The van der Waals surface area contributed by atoms with E-state index in [-0.39, 0.29) is 5.78 Å². The van der Waals surface area contributed by atoms with E-state index in [2.05, 4.69) is 37.9 Å². The van der Waals surface area contributed by atoms with Crippen molar-refractivity contribution in [2.45, 2.75) is 12.8 Å². The maximum Gasteiger partial charge on any atom is 0.194 e. The van der Waals surface area contributed by atoms with Gasteiger partial charge in [-0.3, -0.25) is 4.79 Å². The lowest BCUT2D eigenvalue weighted by atomic mass is 9.93. The average Bonchev–Trinajstić information content (AvgIpc) is 2.80. The van der Waals surface area contributed by atoms with Gasteiger partial charge in [-0.25, -0.2) is 0 Å². The summed E-state index contributed by atoms with van der Waals surface area (Å²) in [5.74, 6) is -0.551. The second kappa shape index (κ2) is 6.73. The van der Waals surface area contributed by atoms with Gasteiger partial charge in [0.15, 0.2) is 5.78 Å². The summed E-state index contributed by atoms with van der Waals surface area (Å²) >= 11 is 8.03. The molecule has 0 spiro atoms. The molecule has 0 aliphatic rings. The van der Waals surface area contributed by atoms with Gasteiger partial charge in [0.05, 0.1) is 21.8 Å². The van der Waals surface area contributed by atoms with Gasteiger partial charge in [0.25, 0.3) is 0 Å². The molecule has 108 valence electrons. The Labute approximate surface area is 143 Å². The molecule has 1 aromatic carbocycles. The first-order valence-corrected chi connectivity index (χ1v) is 8.41. The average molecular weight is 429 g/mol. The lowest BCUT2D eigenvalue weighted by molar-refractivity contribution is 0.0981. The van der Waals surface area contributed by atoms with Crippen LogP contribution in [0.4, 0.5) is 0 Å². The lowest BCUT2D eigenvalue weighted by Gasteiger charge is -2.13. The maximum atomic E-state index is 12.6. The Hall–Kier alpha value is -1.16. The number of carbonyl (C=O) groups excluding carboxylic acids is 1. The highest BCUT2D eigenvalue weighted by Gasteiger charge is 2.27. The first-order valence-electron chi connectivity index (χ1n) is 6.01. The maximum absolute atomic E-state index is 12.6. The van der Waals surface area contributed by atoms with Gasteiger partial charge in [-0.1, -0.05) is 17.7 Å². The molecule has 0 saturated heterocycles. The van der Waals surface area contributed by atoms with Crippen molar-refractivity contribution in [3.05, 3.63) is 48.5 Å². The van der Waals surface area contributed by atoms with Gasteiger partial charge in [-0.2, -0.15) is 5.26 Å².